The highest BCUT2D eigenvalue weighted by Gasteiger charge is 2.29. The molecule has 0 spiro atoms. The topological polar surface area (TPSA) is 179 Å². The second-order valence-electron chi connectivity index (χ2n) is 15.3. The third-order valence-electron chi connectivity index (χ3n) is 7.35. The zero-order chi connectivity index (χ0) is 40.0. The van der Waals surface area contributed by atoms with E-state index in [1.807, 2.05) is 0 Å². The van der Waals surface area contributed by atoms with Gasteiger partial charge < -0.3 is 30.2 Å². The molecule has 0 saturated heterocycles. The SMILES string of the molecule is CCCCCCCC(=O)SCCC=C[C@H](CC(=O)OCC[Si](C)(C)C)OC(=O)[C@@H](NC(=O)CNC(=O)c1csc(CNC(=O)OC(C)(C)C)n1)C(C)C. The van der Waals surface area contributed by atoms with Gasteiger partial charge in [-0.1, -0.05) is 83.9 Å². The van der Waals surface area contributed by atoms with E-state index in [1.165, 1.54) is 23.6 Å². The van der Waals surface area contributed by atoms with Gasteiger partial charge in [-0.05, 0) is 51.7 Å². The Kier molecular flexibility index (Phi) is 22.5. The molecule has 1 aromatic heterocycles. The highest BCUT2D eigenvalue weighted by molar-refractivity contribution is 8.13. The Balaban J connectivity index is 2.76. The van der Waals surface area contributed by atoms with Gasteiger partial charge in [-0.25, -0.2) is 14.6 Å². The minimum Gasteiger partial charge on any atom is -0.466 e. The molecular weight excluding hydrogens is 737 g/mol. The number of hydrogen-bond acceptors (Lipinski definition) is 12. The number of allylic oxidation sites excluding steroid dienone is 1. The van der Waals surface area contributed by atoms with Crippen LogP contribution in [0.2, 0.25) is 25.7 Å². The van der Waals surface area contributed by atoms with E-state index >= 15 is 0 Å². The van der Waals surface area contributed by atoms with E-state index in [-0.39, 0.29) is 36.3 Å². The predicted octanol–water partition coefficient (Wildman–Crippen LogP) is 6.79. The molecule has 0 bridgehead atoms. The number of carbonyl (C=O) groups excluding carboxylic acids is 6. The van der Waals surface area contributed by atoms with Crippen molar-refractivity contribution in [2.45, 2.75) is 143 Å². The van der Waals surface area contributed by atoms with Gasteiger partial charge in [0.1, 0.15) is 28.4 Å². The molecule has 0 aliphatic carbocycles. The summed E-state index contributed by atoms with van der Waals surface area (Å²) in [6, 6.07) is -0.260. The van der Waals surface area contributed by atoms with Gasteiger partial charge in [0.05, 0.1) is 26.1 Å². The lowest BCUT2D eigenvalue weighted by molar-refractivity contribution is -0.156. The molecule has 16 heteroatoms. The van der Waals surface area contributed by atoms with Crippen LogP contribution in [0.1, 0.15) is 108 Å². The van der Waals surface area contributed by atoms with Gasteiger partial charge in [-0.15, -0.1) is 11.3 Å². The van der Waals surface area contributed by atoms with Gasteiger partial charge in [0.15, 0.2) is 5.12 Å². The number of nitrogens with one attached hydrogen (secondary N) is 3. The third kappa shape index (κ3) is 23.9. The zero-order valence-corrected chi connectivity index (χ0v) is 35.7. The first kappa shape index (κ1) is 47.8. The van der Waals surface area contributed by atoms with Crippen molar-refractivity contribution in [3.05, 3.63) is 28.2 Å². The van der Waals surface area contributed by atoms with Gasteiger partial charge in [-0.3, -0.25) is 19.2 Å². The Morgan fingerprint density at radius 2 is 1.72 bits per heavy atom. The molecule has 53 heavy (non-hydrogen) atoms. The van der Waals surface area contributed by atoms with Crippen molar-refractivity contribution in [1.29, 1.82) is 0 Å². The molecule has 0 saturated carbocycles. The molecule has 3 amide bonds. The minimum absolute atomic E-state index is 0.0653. The Bertz CT molecular complexity index is 1360. The van der Waals surface area contributed by atoms with Crippen LogP contribution < -0.4 is 16.0 Å². The molecule has 1 rings (SSSR count). The summed E-state index contributed by atoms with van der Waals surface area (Å²) in [5.41, 5.74) is -0.585. The molecule has 0 fully saturated rings. The fourth-order valence-electron chi connectivity index (χ4n) is 4.43. The number of alkyl carbamates (subject to hydrolysis) is 1. The summed E-state index contributed by atoms with van der Waals surface area (Å²) in [4.78, 5) is 79.9. The van der Waals surface area contributed by atoms with E-state index < -0.39 is 62.2 Å². The number of nitrogens with zero attached hydrogens (tertiary/aromatic N) is 1. The van der Waals surface area contributed by atoms with E-state index in [9.17, 15) is 28.8 Å². The Labute approximate surface area is 324 Å². The number of thioether (sulfide) groups is 1. The third-order valence-corrected chi connectivity index (χ3v) is 10.9. The highest BCUT2D eigenvalue weighted by Crippen LogP contribution is 2.16. The van der Waals surface area contributed by atoms with Gasteiger partial charge in [0.2, 0.25) is 5.91 Å². The molecule has 0 aromatic carbocycles. The van der Waals surface area contributed by atoms with Crippen LogP contribution in [0.4, 0.5) is 4.79 Å². The first-order chi connectivity index (χ1) is 24.8. The smallest absolute Gasteiger partial charge is 0.408 e. The average Bonchev–Trinajstić information content (AvgIpc) is 3.52. The lowest BCUT2D eigenvalue weighted by atomic mass is 10.0. The van der Waals surface area contributed by atoms with Crippen molar-refractivity contribution in [2.75, 3.05) is 18.9 Å². The van der Waals surface area contributed by atoms with Crippen LogP contribution in [0.15, 0.2) is 17.5 Å². The second-order valence-corrected chi connectivity index (χ2v) is 23.0. The maximum Gasteiger partial charge on any atom is 0.408 e. The van der Waals surface area contributed by atoms with Gasteiger partial charge >= 0.3 is 18.0 Å². The maximum atomic E-state index is 13.3. The van der Waals surface area contributed by atoms with E-state index in [0.29, 0.717) is 23.6 Å². The fraction of sp³-hybridized carbons (Fsp3) is 0.703. The summed E-state index contributed by atoms with van der Waals surface area (Å²) >= 11 is 2.44. The van der Waals surface area contributed by atoms with Crippen molar-refractivity contribution in [3.63, 3.8) is 0 Å². The van der Waals surface area contributed by atoms with Crippen LogP contribution in [-0.2, 0) is 39.9 Å². The van der Waals surface area contributed by atoms with Crippen molar-refractivity contribution in [1.82, 2.24) is 20.9 Å². The maximum absolute atomic E-state index is 13.3. The zero-order valence-electron chi connectivity index (χ0n) is 33.1. The molecule has 13 nitrogen and oxygen atoms in total. The first-order valence-corrected chi connectivity index (χ1v) is 24.0. The fourth-order valence-corrected chi connectivity index (χ4v) is 6.63. The average molecular weight is 799 g/mol. The van der Waals surface area contributed by atoms with Crippen molar-refractivity contribution < 1.29 is 43.0 Å². The summed E-state index contributed by atoms with van der Waals surface area (Å²) in [6.07, 6.45) is 8.17. The Hall–Kier alpha value is -3.24. The molecule has 0 unspecified atom stereocenters. The second kappa shape index (κ2) is 25.0. The number of esters is 2. The van der Waals surface area contributed by atoms with Crippen LogP contribution in [0.3, 0.4) is 0 Å². The largest absolute Gasteiger partial charge is 0.466 e. The summed E-state index contributed by atoms with van der Waals surface area (Å²) in [5, 5.41) is 9.81. The molecule has 0 radical (unpaired) electrons. The molecule has 1 heterocycles. The van der Waals surface area contributed by atoms with Crippen molar-refractivity contribution in [3.8, 4) is 0 Å². The lowest BCUT2D eigenvalue weighted by Crippen LogP contribution is -2.49. The molecule has 2 atom stereocenters. The number of amides is 3. The van der Waals surface area contributed by atoms with Crippen LogP contribution in [0, 0.1) is 5.92 Å². The Morgan fingerprint density at radius 1 is 1.02 bits per heavy atom. The van der Waals surface area contributed by atoms with Gasteiger partial charge in [0, 0.05) is 25.6 Å². The van der Waals surface area contributed by atoms with Crippen LogP contribution in [0.5, 0.6) is 0 Å². The molecule has 300 valence electrons. The van der Waals surface area contributed by atoms with E-state index in [1.54, 1.807) is 46.8 Å². The van der Waals surface area contributed by atoms with Crippen molar-refractivity contribution >= 4 is 66.1 Å². The van der Waals surface area contributed by atoms with Crippen LogP contribution >= 0.6 is 23.1 Å². The molecule has 0 aliphatic heterocycles. The number of carbonyl (C=O) groups is 6. The standard InChI is InChI=1S/C37H62N4O9S2Si/c1-10-11-12-13-14-18-32(44)51-20-16-15-17-27(22-31(43)48-19-21-53(7,8)9)49-35(46)33(26(2)3)41-29(42)23-38-34(45)28-25-52-30(40-28)24-39-36(47)50-37(4,5)6/h15,17,25-27,33H,10-14,16,18-24H2,1-9H3,(H,38,45)(H,39,47)(H,41,42)/t27-,33+/m1/s1. The Morgan fingerprint density at radius 3 is 2.36 bits per heavy atom. The highest BCUT2D eigenvalue weighted by atomic mass is 32.2. The van der Waals surface area contributed by atoms with Crippen LogP contribution in [0.25, 0.3) is 0 Å². The lowest BCUT2D eigenvalue weighted by Gasteiger charge is -2.23. The van der Waals surface area contributed by atoms with Gasteiger partial charge in [-0.2, -0.15) is 0 Å². The molecule has 3 N–H and O–H groups in total. The first-order valence-electron chi connectivity index (χ1n) is 18.5. The number of unbranched alkanes of at least 4 members (excludes halogenated alkanes) is 4. The predicted molar refractivity (Wildman–Crippen MR) is 212 cm³/mol. The number of rotatable bonds is 24. The van der Waals surface area contributed by atoms with Crippen LogP contribution in [-0.4, -0.2) is 84.7 Å². The monoisotopic (exact) mass is 798 g/mol. The number of hydrogen-bond donors (Lipinski definition) is 3. The van der Waals surface area contributed by atoms with E-state index in [0.717, 1.165) is 43.1 Å². The minimum atomic E-state index is -1.43. The molecule has 1 aromatic rings. The summed E-state index contributed by atoms with van der Waals surface area (Å²) in [5.74, 6) is -2.28. The number of ether oxygens (including phenoxy) is 3. The molecule has 0 aliphatic rings. The van der Waals surface area contributed by atoms with Gasteiger partial charge in [0.25, 0.3) is 5.91 Å². The number of aromatic nitrogens is 1. The normalized spacial score (nSPS) is 12.9. The quantitative estimate of drug-likeness (QED) is 0.0330. The van der Waals surface area contributed by atoms with Crippen molar-refractivity contribution in [2.24, 2.45) is 5.92 Å². The summed E-state index contributed by atoms with van der Waals surface area (Å²) in [6.45, 7) is 17.3. The molecular formula is C37H62N4O9S2Si. The van der Waals surface area contributed by atoms with E-state index in [2.05, 4.69) is 47.5 Å². The summed E-state index contributed by atoms with van der Waals surface area (Å²) in [7, 11) is -1.43. The van der Waals surface area contributed by atoms with E-state index in [4.69, 9.17) is 14.2 Å². The summed E-state index contributed by atoms with van der Waals surface area (Å²) < 4.78 is 16.4. The number of thiazole rings is 1.